The summed E-state index contributed by atoms with van der Waals surface area (Å²) in [6.45, 7) is 0.243. The molecule has 0 unspecified atom stereocenters. The van der Waals surface area contributed by atoms with Gasteiger partial charge in [-0.15, -0.1) is 0 Å². The predicted octanol–water partition coefficient (Wildman–Crippen LogP) is 2.98. The lowest BCUT2D eigenvalue weighted by Gasteiger charge is -2.04. The maximum absolute atomic E-state index is 13.0. The van der Waals surface area contributed by atoms with E-state index in [0.717, 1.165) is 11.6 Å². The van der Waals surface area contributed by atoms with E-state index < -0.39 is 11.9 Å². The van der Waals surface area contributed by atoms with Crippen LogP contribution in [0.2, 0.25) is 0 Å². The molecule has 0 aliphatic heterocycles. The van der Waals surface area contributed by atoms with Crippen molar-refractivity contribution in [3.05, 3.63) is 71.0 Å². The second-order valence-corrected chi connectivity index (χ2v) is 4.52. The number of nitrogens with one attached hydrogen (secondary N) is 1. The van der Waals surface area contributed by atoms with Crippen LogP contribution in [-0.2, 0) is 11.3 Å². The molecule has 0 fully saturated rings. The Morgan fingerprint density at radius 1 is 1.17 bits per heavy atom. The molecule has 0 bridgehead atoms. The zero-order chi connectivity index (χ0) is 16.5. The van der Waals surface area contributed by atoms with Gasteiger partial charge >= 0.3 is 6.09 Å². The lowest BCUT2D eigenvalue weighted by atomic mass is 10.1. The van der Waals surface area contributed by atoms with Crippen LogP contribution in [0.4, 0.5) is 9.18 Å². The first-order chi connectivity index (χ1) is 11.2. The summed E-state index contributed by atoms with van der Waals surface area (Å²) >= 11 is 0. The highest BCUT2D eigenvalue weighted by Gasteiger charge is 2.02. The van der Waals surface area contributed by atoms with Crippen LogP contribution < -0.4 is 5.32 Å². The summed E-state index contributed by atoms with van der Waals surface area (Å²) in [7, 11) is 0. The molecule has 0 aromatic heterocycles. The van der Waals surface area contributed by atoms with Gasteiger partial charge in [0.1, 0.15) is 18.5 Å². The molecule has 2 aromatic carbocycles. The molecule has 0 saturated carbocycles. The predicted molar refractivity (Wildman–Crippen MR) is 82.6 cm³/mol. The number of carbonyl (C=O) groups is 1. The molecule has 4 nitrogen and oxygen atoms in total. The second-order valence-electron chi connectivity index (χ2n) is 4.52. The van der Waals surface area contributed by atoms with Crippen molar-refractivity contribution < 1.29 is 13.9 Å². The fraction of sp³-hybridized carbons (Fsp3) is 0.111. The molecule has 0 heterocycles. The van der Waals surface area contributed by atoms with Crippen molar-refractivity contribution in [2.24, 2.45) is 0 Å². The average molecular weight is 308 g/mol. The number of rotatable bonds is 3. The van der Waals surface area contributed by atoms with E-state index in [-0.39, 0.29) is 18.7 Å². The van der Waals surface area contributed by atoms with E-state index >= 15 is 0 Å². The van der Waals surface area contributed by atoms with Crippen molar-refractivity contribution in [2.45, 2.75) is 6.61 Å². The fourth-order valence-electron chi connectivity index (χ4n) is 1.75. The first kappa shape index (κ1) is 16.1. The monoisotopic (exact) mass is 308 g/mol. The Balaban J connectivity index is 1.81. The zero-order valence-electron chi connectivity index (χ0n) is 12.2. The van der Waals surface area contributed by atoms with Gasteiger partial charge in [0, 0.05) is 5.56 Å². The molecule has 114 valence electrons. The molecule has 0 saturated heterocycles. The summed E-state index contributed by atoms with van der Waals surface area (Å²) in [6, 6.07) is 14.9. The molecular weight excluding hydrogens is 295 g/mol. The van der Waals surface area contributed by atoms with Crippen molar-refractivity contribution in [1.82, 2.24) is 5.32 Å². The highest BCUT2D eigenvalue weighted by molar-refractivity contribution is 5.67. The number of nitrogens with zero attached hydrogens (tertiary/aromatic N) is 1. The van der Waals surface area contributed by atoms with Crippen LogP contribution in [0, 0.1) is 29.0 Å². The van der Waals surface area contributed by atoms with Gasteiger partial charge < -0.3 is 10.1 Å². The molecule has 2 rings (SSSR count). The molecule has 0 atom stereocenters. The van der Waals surface area contributed by atoms with E-state index in [4.69, 9.17) is 10.00 Å². The number of alkyl carbamates (subject to hydrolysis) is 1. The van der Waals surface area contributed by atoms with Crippen LogP contribution in [0.1, 0.15) is 16.7 Å². The maximum atomic E-state index is 13.0. The molecule has 2 aromatic rings. The highest BCUT2D eigenvalue weighted by atomic mass is 19.1. The van der Waals surface area contributed by atoms with E-state index in [1.165, 1.54) is 12.1 Å². The van der Waals surface area contributed by atoms with Gasteiger partial charge in [-0.1, -0.05) is 42.2 Å². The smallest absolute Gasteiger partial charge is 0.408 e. The quantitative estimate of drug-likeness (QED) is 0.887. The summed E-state index contributed by atoms with van der Waals surface area (Å²) in [4.78, 5) is 11.5. The Labute approximate surface area is 133 Å². The van der Waals surface area contributed by atoms with Gasteiger partial charge in [-0.3, -0.25) is 0 Å². The zero-order valence-corrected chi connectivity index (χ0v) is 12.2. The van der Waals surface area contributed by atoms with Crippen LogP contribution in [0.5, 0.6) is 0 Å². The molecule has 1 N–H and O–H groups in total. The second kappa shape index (κ2) is 8.21. The van der Waals surface area contributed by atoms with E-state index in [2.05, 4.69) is 17.2 Å². The van der Waals surface area contributed by atoms with Gasteiger partial charge in [0.05, 0.1) is 12.1 Å². The lowest BCUT2D eigenvalue weighted by Crippen LogP contribution is -2.24. The summed E-state index contributed by atoms with van der Waals surface area (Å²) in [5, 5.41) is 11.4. The fourth-order valence-corrected chi connectivity index (χ4v) is 1.75. The molecule has 23 heavy (non-hydrogen) atoms. The van der Waals surface area contributed by atoms with Gasteiger partial charge in [0.2, 0.25) is 0 Å². The van der Waals surface area contributed by atoms with Gasteiger partial charge in [0.25, 0.3) is 0 Å². The number of amides is 1. The van der Waals surface area contributed by atoms with E-state index in [1.54, 1.807) is 0 Å². The Bertz CT molecular complexity index is 786. The van der Waals surface area contributed by atoms with E-state index in [9.17, 15) is 9.18 Å². The third kappa shape index (κ3) is 5.18. The van der Waals surface area contributed by atoms with Crippen molar-refractivity contribution in [1.29, 1.82) is 5.26 Å². The third-order valence-corrected chi connectivity index (χ3v) is 2.86. The number of ether oxygens (including phenoxy) is 1. The standard InChI is InChI=1S/C18H13FN2O2/c19-17-9-8-15(16(11-17)12-20)7-4-10-21-18(22)23-13-14-5-2-1-3-6-14/h1-3,5-6,8-9,11H,10,13H2,(H,21,22). The van der Waals surface area contributed by atoms with Crippen LogP contribution in [0.25, 0.3) is 0 Å². The lowest BCUT2D eigenvalue weighted by molar-refractivity contribution is 0.141. The molecule has 0 radical (unpaired) electrons. The van der Waals surface area contributed by atoms with Crippen LogP contribution in [0.15, 0.2) is 48.5 Å². The van der Waals surface area contributed by atoms with Crippen molar-refractivity contribution in [2.75, 3.05) is 6.54 Å². The van der Waals surface area contributed by atoms with Crippen LogP contribution in [-0.4, -0.2) is 12.6 Å². The first-order valence-corrected chi connectivity index (χ1v) is 6.82. The van der Waals surface area contributed by atoms with Gasteiger partial charge in [-0.05, 0) is 23.8 Å². The van der Waals surface area contributed by atoms with E-state index in [1.807, 2.05) is 36.4 Å². The average Bonchev–Trinajstić information content (AvgIpc) is 2.58. The minimum Gasteiger partial charge on any atom is -0.445 e. The number of hydrogen-bond donors (Lipinski definition) is 1. The Morgan fingerprint density at radius 3 is 2.70 bits per heavy atom. The summed E-state index contributed by atoms with van der Waals surface area (Å²) in [5.74, 6) is 4.91. The van der Waals surface area contributed by atoms with E-state index in [0.29, 0.717) is 5.56 Å². The van der Waals surface area contributed by atoms with Crippen LogP contribution >= 0.6 is 0 Å². The molecule has 0 aliphatic carbocycles. The number of halogens is 1. The number of nitriles is 1. The maximum Gasteiger partial charge on any atom is 0.408 e. The van der Waals surface area contributed by atoms with Gasteiger partial charge in [0.15, 0.2) is 0 Å². The minimum absolute atomic E-state index is 0.0653. The highest BCUT2D eigenvalue weighted by Crippen LogP contribution is 2.08. The molecular formula is C18H13FN2O2. The van der Waals surface area contributed by atoms with Crippen LogP contribution in [0.3, 0.4) is 0 Å². The summed E-state index contributed by atoms with van der Waals surface area (Å²) < 4.78 is 18.0. The van der Waals surface area contributed by atoms with Gasteiger partial charge in [-0.2, -0.15) is 5.26 Å². The summed E-state index contributed by atoms with van der Waals surface area (Å²) in [5.41, 5.74) is 1.45. The number of carbonyl (C=O) groups excluding carboxylic acids is 1. The van der Waals surface area contributed by atoms with Gasteiger partial charge in [-0.25, -0.2) is 9.18 Å². The number of hydrogen-bond acceptors (Lipinski definition) is 3. The topological polar surface area (TPSA) is 62.1 Å². The molecule has 0 aliphatic rings. The minimum atomic E-state index is -0.581. The molecule has 5 heteroatoms. The largest absolute Gasteiger partial charge is 0.445 e. The Hall–Kier alpha value is -3.31. The Kier molecular flexibility index (Phi) is 5.74. The first-order valence-electron chi connectivity index (χ1n) is 6.82. The van der Waals surface area contributed by atoms with Crippen molar-refractivity contribution >= 4 is 6.09 Å². The molecule has 0 spiro atoms. The summed E-state index contributed by atoms with van der Waals surface area (Å²) in [6.07, 6.45) is -0.581. The molecule has 1 amide bonds. The normalized spacial score (nSPS) is 9.22. The number of benzene rings is 2. The van der Waals surface area contributed by atoms with Crippen molar-refractivity contribution in [3.8, 4) is 17.9 Å². The van der Waals surface area contributed by atoms with Crippen molar-refractivity contribution in [3.63, 3.8) is 0 Å². The Morgan fingerprint density at radius 2 is 1.96 bits per heavy atom. The third-order valence-electron chi connectivity index (χ3n) is 2.86. The SMILES string of the molecule is N#Cc1cc(F)ccc1C#CCNC(=O)OCc1ccccc1.